The number of thioether (sulfide) groups is 1. The summed E-state index contributed by atoms with van der Waals surface area (Å²) >= 11 is 2.80. The highest BCUT2D eigenvalue weighted by molar-refractivity contribution is 7.99. The maximum atomic E-state index is 13.1. The summed E-state index contributed by atoms with van der Waals surface area (Å²) in [5, 5.41) is 7.61. The van der Waals surface area contributed by atoms with Gasteiger partial charge in [-0.25, -0.2) is 4.98 Å². The van der Waals surface area contributed by atoms with Crippen LogP contribution in [0.1, 0.15) is 49.8 Å². The normalized spacial score (nSPS) is 10.6. The lowest BCUT2D eigenvalue weighted by atomic mass is 10.1. The minimum absolute atomic E-state index is 0.0820. The third kappa shape index (κ3) is 6.07. The fourth-order valence-electron chi connectivity index (χ4n) is 2.95. The highest BCUT2D eigenvalue weighted by Crippen LogP contribution is 2.30. The lowest BCUT2D eigenvalue weighted by Gasteiger charge is -2.10. The number of hydrogen-bond donors (Lipinski definition) is 1. The van der Waals surface area contributed by atoms with Crippen molar-refractivity contribution in [3.8, 4) is 0 Å². The number of unbranched alkanes of at least 4 members (excludes halogenated alkanes) is 1. The van der Waals surface area contributed by atoms with E-state index in [1.807, 2.05) is 20.8 Å². The molecule has 0 fully saturated rings. The van der Waals surface area contributed by atoms with Gasteiger partial charge < -0.3 is 9.84 Å². The first-order valence-corrected chi connectivity index (χ1v) is 12.2. The Labute approximate surface area is 190 Å². The molecule has 3 aromatic rings. The number of allylic oxidation sites excluding steroid dienone is 1. The molecule has 168 valence electrons. The van der Waals surface area contributed by atoms with Crippen LogP contribution in [0.2, 0.25) is 0 Å². The molecule has 0 aliphatic carbocycles. The van der Waals surface area contributed by atoms with Gasteiger partial charge in [-0.05, 0) is 32.3 Å². The second-order valence-corrected chi connectivity index (χ2v) is 8.72. The molecule has 0 atom stereocenters. The average molecular weight is 463 g/mol. The Morgan fingerprint density at radius 1 is 1.39 bits per heavy atom. The van der Waals surface area contributed by atoms with Crippen LogP contribution in [0.3, 0.4) is 0 Å². The highest BCUT2D eigenvalue weighted by Gasteiger charge is 2.18. The van der Waals surface area contributed by atoms with Gasteiger partial charge >= 0.3 is 0 Å². The second-order valence-electron chi connectivity index (χ2n) is 6.69. The number of carbonyl (C=O) groups excluding carboxylic acids is 1. The van der Waals surface area contributed by atoms with Crippen molar-refractivity contribution in [1.82, 2.24) is 14.7 Å². The maximum Gasteiger partial charge on any atom is 0.263 e. The molecule has 0 bridgehead atoms. The number of amides is 1. The van der Waals surface area contributed by atoms with Crippen molar-refractivity contribution in [2.75, 3.05) is 11.1 Å². The first-order valence-electron chi connectivity index (χ1n) is 10.4. The summed E-state index contributed by atoms with van der Waals surface area (Å²) < 4.78 is 6.53. The quantitative estimate of drug-likeness (QED) is 0.262. The van der Waals surface area contributed by atoms with Crippen LogP contribution >= 0.6 is 23.1 Å². The van der Waals surface area contributed by atoms with Gasteiger partial charge in [0.25, 0.3) is 5.56 Å². The molecule has 0 saturated carbocycles. The number of aromatic nitrogens is 3. The molecule has 1 N–H and O–H groups in total. The van der Waals surface area contributed by atoms with Crippen LogP contribution in [0.25, 0.3) is 10.2 Å². The highest BCUT2D eigenvalue weighted by atomic mass is 32.2. The minimum atomic E-state index is -0.242. The van der Waals surface area contributed by atoms with E-state index in [1.165, 1.54) is 16.6 Å². The molecule has 3 heterocycles. The van der Waals surface area contributed by atoms with Crippen LogP contribution in [0.15, 0.2) is 33.2 Å². The van der Waals surface area contributed by atoms with E-state index in [2.05, 4.69) is 24.0 Å². The number of thiophene rings is 1. The maximum absolute atomic E-state index is 13.1. The second kappa shape index (κ2) is 11.9. The Bertz CT molecular complexity index is 1100. The molecule has 31 heavy (non-hydrogen) atoms. The van der Waals surface area contributed by atoms with E-state index < -0.39 is 0 Å². The summed E-state index contributed by atoms with van der Waals surface area (Å²) in [4.78, 5) is 32.0. The van der Waals surface area contributed by atoms with Crippen molar-refractivity contribution >= 4 is 45.0 Å². The standard InChI is InChI=1S/C20H24N4O3S2.C2H6/c1-5-7-8-14-13(4)17-18(29-14)22-20(24(9-6-2)19(17)26)28-11-16(25)21-15-10-12(3)27-23-15;1-2/h6,10H,2,5,7-9,11H2,1,3-4H3,(H,21,23,25);1-2H3. The van der Waals surface area contributed by atoms with Crippen molar-refractivity contribution in [1.29, 1.82) is 0 Å². The van der Waals surface area contributed by atoms with Crippen molar-refractivity contribution < 1.29 is 9.32 Å². The van der Waals surface area contributed by atoms with Crippen LogP contribution in [0.4, 0.5) is 5.82 Å². The average Bonchev–Trinajstić information content (AvgIpc) is 3.31. The summed E-state index contributed by atoms with van der Waals surface area (Å²) in [6, 6.07) is 1.65. The Kier molecular flexibility index (Phi) is 9.51. The van der Waals surface area contributed by atoms with E-state index in [4.69, 9.17) is 9.51 Å². The summed E-state index contributed by atoms with van der Waals surface area (Å²) in [5.74, 6) is 0.851. The number of nitrogens with zero attached hydrogens (tertiary/aromatic N) is 3. The molecule has 0 saturated heterocycles. The predicted octanol–water partition coefficient (Wildman–Crippen LogP) is 5.35. The van der Waals surface area contributed by atoms with Crippen molar-refractivity contribution in [2.45, 2.75) is 65.6 Å². The Morgan fingerprint density at radius 3 is 2.74 bits per heavy atom. The molecular formula is C22H30N4O3S2. The van der Waals surface area contributed by atoms with E-state index >= 15 is 0 Å². The van der Waals surface area contributed by atoms with Gasteiger partial charge in [0, 0.05) is 17.5 Å². The zero-order chi connectivity index (χ0) is 23.0. The lowest BCUT2D eigenvalue weighted by Crippen LogP contribution is -2.23. The van der Waals surface area contributed by atoms with E-state index in [1.54, 1.807) is 35.0 Å². The number of nitrogens with one attached hydrogen (secondary N) is 1. The van der Waals surface area contributed by atoms with Gasteiger partial charge in [0.15, 0.2) is 11.0 Å². The molecule has 9 heteroatoms. The van der Waals surface area contributed by atoms with E-state index in [-0.39, 0.29) is 17.2 Å². The van der Waals surface area contributed by atoms with E-state index in [0.29, 0.717) is 28.7 Å². The number of anilines is 1. The van der Waals surface area contributed by atoms with Crippen molar-refractivity contribution in [2.24, 2.45) is 0 Å². The molecule has 0 unspecified atom stereocenters. The van der Waals surface area contributed by atoms with Gasteiger partial charge in [-0.2, -0.15) is 0 Å². The van der Waals surface area contributed by atoms with Crippen LogP contribution < -0.4 is 10.9 Å². The predicted molar refractivity (Wildman–Crippen MR) is 129 cm³/mol. The fraction of sp³-hybridized carbons (Fsp3) is 0.455. The lowest BCUT2D eigenvalue weighted by molar-refractivity contribution is -0.113. The van der Waals surface area contributed by atoms with E-state index in [9.17, 15) is 9.59 Å². The summed E-state index contributed by atoms with van der Waals surface area (Å²) in [7, 11) is 0. The van der Waals surface area contributed by atoms with Gasteiger partial charge in [0.1, 0.15) is 10.6 Å². The monoisotopic (exact) mass is 462 g/mol. The number of fused-ring (bicyclic) bond motifs is 1. The number of rotatable bonds is 9. The molecule has 0 radical (unpaired) electrons. The molecule has 3 aromatic heterocycles. The molecule has 0 aliphatic rings. The largest absolute Gasteiger partial charge is 0.360 e. The van der Waals surface area contributed by atoms with Gasteiger partial charge in [0.05, 0.1) is 11.1 Å². The van der Waals surface area contributed by atoms with Gasteiger partial charge in [-0.15, -0.1) is 17.9 Å². The van der Waals surface area contributed by atoms with Crippen LogP contribution in [0.5, 0.6) is 0 Å². The summed E-state index contributed by atoms with van der Waals surface area (Å²) in [5.41, 5.74) is 0.936. The van der Waals surface area contributed by atoms with Crippen LogP contribution in [0, 0.1) is 13.8 Å². The van der Waals surface area contributed by atoms with Gasteiger partial charge in [-0.1, -0.05) is 50.2 Å². The Hall–Kier alpha value is -2.39. The zero-order valence-electron chi connectivity index (χ0n) is 18.8. The third-order valence-corrected chi connectivity index (χ3v) is 6.63. The third-order valence-electron chi connectivity index (χ3n) is 4.41. The van der Waals surface area contributed by atoms with Crippen molar-refractivity contribution in [3.63, 3.8) is 0 Å². The molecule has 7 nitrogen and oxygen atoms in total. The zero-order valence-corrected chi connectivity index (χ0v) is 20.4. The number of carbonyl (C=O) groups is 1. The number of aryl methyl sites for hydroxylation is 3. The molecule has 1 amide bonds. The molecule has 3 rings (SSSR count). The topological polar surface area (TPSA) is 90.0 Å². The first kappa shape index (κ1) is 24.9. The smallest absolute Gasteiger partial charge is 0.263 e. The molecule has 0 aliphatic heterocycles. The Balaban J connectivity index is 0.00000166. The molecular weight excluding hydrogens is 432 g/mol. The molecule has 0 aromatic carbocycles. The van der Waals surface area contributed by atoms with Crippen molar-refractivity contribution in [3.05, 3.63) is 45.3 Å². The fourth-order valence-corrected chi connectivity index (χ4v) is 5.02. The number of hydrogen-bond acceptors (Lipinski definition) is 7. The summed E-state index contributed by atoms with van der Waals surface area (Å²) in [6.07, 6.45) is 4.80. The summed E-state index contributed by atoms with van der Waals surface area (Å²) in [6.45, 7) is 14.0. The van der Waals surface area contributed by atoms with Crippen LogP contribution in [-0.4, -0.2) is 26.4 Å². The van der Waals surface area contributed by atoms with Gasteiger partial charge in [0.2, 0.25) is 5.91 Å². The van der Waals surface area contributed by atoms with E-state index in [0.717, 1.165) is 29.7 Å². The Morgan fingerprint density at radius 2 is 2.13 bits per heavy atom. The minimum Gasteiger partial charge on any atom is -0.360 e. The first-order chi connectivity index (χ1) is 14.9. The van der Waals surface area contributed by atoms with Gasteiger partial charge in [-0.3, -0.25) is 14.2 Å². The van der Waals surface area contributed by atoms with Crippen LogP contribution in [-0.2, 0) is 17.8 Å². The molecule has 0 spiro atoms. The SMILES string of the molecule is C=CCn1c(SCC(=O)Nc2cc(C)on2)nc2sc(CCCC)c(C)c2c1=O.CC.